The number of piperidine rings is 1. The molecular weight excluding hydrogens is 354 g/mol. The van der Waals surface area contributed by atoms with Gasteiger partial charge < -0.3 is 25.4 Å². The van der Waals surface area contributed by atoms with Crippen LogP contribution in [0.3, 0.4) is 0 Å². The van der Waals surface area contributed by atoms with Crippen molar-refractivity contribution in [3.05, 3.63) is 53.6 Å². The fourth-order valence-corrected chi connectivity index (χ4v) is 3.47. The Labute approximate surface area is 166 Å². The van der Waals surface area contributed by atoms with Gasteiger partial charge in [-0.15, -0.1) is 0 Å². The summed E-state index contributed by atoms with van der Waals surface area (Å²) < 4.78 is 10.0. The number of benzene rings is 2. The lowest BCUT2D eigenvalue weighted by atomic mass is 9.89. The van der Waals surface area contributed by atoms with Crippen molar-refractivity contribution in [2.75, 3.05) is 51.5 Å². The summed E-state index contributed by atoms with van der Waals surface area (Å²) in [5, 5.41) is 3.37. The van der Waals surface area contributed by atoms with Gasteiger partial charge in [0.1, 0.15) is 6.61 Å². The van der Waals surface area contributed by atoms with Gasteiger partial charge in [0.05, 0.1) is 23.5 Å². The molecule has 0 bridgehead atoms. The summed E-state index contributed by atoms with van der Waals surface area (Å²) in [4.78, 5) is 14.4. The van der Waals surface area contributed by atoms with Gasteiger partial charge >= 0.3 is 5.97 Å². The smallest absolute Gasteiger partial charge is 0.338 e. The van der Waals surface area contributed by atoms with E-state index in [0.717, 1.165) is 24.5 Å². The zero-order valence-corrected chi connectivity index (χ0v) is 16.6. The van der Waals surface area contributed by atoms with Crippen LogP contribution < -0.4 is 11.1 Å². The zero-order chi connectivity index (χ0) is 19.9. The third-order valence-electron chi connectivity index (χ3n) is 5.16. The van der Waals surface area contributed by atoms with Crippen molar-refractivity contribution in [3.8, 4) is 0 Å². The first-order valence-corrected chi connectivity index (χ1v) is 9.68. The van der Waals surface area contributed by atoms with Crippen molar-refractivity contribution in [3.63, 3.8) is 0 Å². The molecule has 0 spiro atoms. The highest BCUT2D eigenvalue weighted by Gasteiger charge is 2.18. The first-order valence-electron chi connectivity index (χ1n) is 9.68. The highest BCUT2D eigenvalue weighted by atomic mass is 16.6. The molecule has 0 aliphatic carbocycles. The minimum absolute atomic E-state index is 0.221. The van der Waals surface area contributed by atoms with Crippen LogP contribution in [-0.4, -0.2) is 51.3 Å². The number of carbonyl (C=O) groups excluding carboxylic acids is 1. The Morgan fingerprint density at radius 1 is 1.18 bits per heavy atom. The van der Waals surface area contributed by atoms with E-state index in [1.54, 1.807) is 19.2 Å². The Balaban J connectivity index is 1.66. The number of methoxy groups -OCH3 is 1. The number of hydrogen-bond donors (Lipinski definition) is 2. The molecular formula is C22H29N3O3. The largest absolute Gasteiger partial charge is 0.460 e. The van der Waals surface area contributed by atoms with Crippen LogP contribution in [0.1, 0.15) is 34.7 Å². The molecule has 6 nitrogen and oxygen atoms in total. The lowest BCUT2D eigenvalue weighted by Gasteiger charge is -2.29. The fourth-order valence-electron chi connectivity index (χ4n) is 3.47. The van der Waals surface area contributed by atoms with Gasteiger partial charge in [-0.1, -0.05) is 12.1 Å². The zero-order valence-electron chi connectivity index (χ0n) is 16.6. The quantitative estimate of drug-likeness (QED) is 0.432. The molecule has 28 heavy (non-hydrogen) atoms. The topological polar surface area (TPSA) is 76.8 Å². The lowest BCUT2D eigenvalue weighted by molar-refractivity contribution is 0.0388. The second-order valence-electron chi connectivity index (χ2n) is 7.26. The van der Waals surface area contributed by atoms with E-state index in [9.17, 15) is 4.79 Å². The third kappa shape index (κ3) is 5.24. The van der Waals surface area contributed by atoms with Gasteiger partial charge in [0, 0.05) is 12.8 Å². The summed E-state index contributed by atoms with van der Waals surface area (Å²) in [5.41, 5.74) is 10.2. The summed E-state index contributed by atoms with van der Waals surface area (Å²) in [5.74, 6) is 0.194. The van der Waals surface area contributed by atoms with Crippen LogP contribution in [0.5, 0.6) is 0 Å². The standard InChI is InChI=1S/C22H29N3O3/c1-25-10-8-16(9-11-25)17-4-3-5-19(14-17)24-21-7-6-18(15-20(21)23)22(26)28-13-12-27-2/h3-7,14-16,24H,8-13,23H2,1-2H3. The summed E-state index contributed by atoms with van der Waals surface area (Å²) in [6.07, 6.45) is 2.37. The average Bonchev–Trinajstić information content (AvgIpc) is 2.70. The van der Waals surface area contributed by atoms with Gasteiger partial charge in [0.2, 0.25) is 0 Å². The van der Waals surface area contributed by atoms with E-state index >= 15 is 0 Å². The van der Waals surface area contributed by atoms with Gasteiger partial charge in [-0.25, -0.2) is 4.79 Å². The number of nitrogens with two attached hydrogens (primary N) is 1. The molecule has 2 aromatic rings. The van der Waals surface area contributed by atoms with Gasteiger partial charge in [0.25, 0.3) is 0 Å². The van der Waals surface area contributed by atoms with Crippen molar-refractivity contribution in [2.24, 2.45) is 0 Å². The Morgan fingerprint density at radius 3 is 2.68 bits per heavy atom. The second-order valence-corrected chi connectivity index (χ2v) is 7.26. The van der Waals surface area contributed by atoms with Gasteiger partial charge in [0.15, 0.2) is 0 Å². The predicted molar refractivity (Wildman–Crippen MR) is 112 cm³/mol. The first kappa shape index (κ1) is 20.2. The number of hydrogen-bond acceptors (Lipinski definition) is 6. The number of rotatable bonds is 7. The number of nitrogen functional groups attached to an aromatic ring is 1. The van der Waals surface area contributed by atoms with Crippen molar-refractivity contribution >= 4 is 23.0 Å². The Hall–Kier alpha value is -2.57. The monoisotopic (exact) mass is 383 g/mol. The number of anilines is 3. The van der Waals surface area contributed by atoms with E-state index in [0.29, 0.717) is 23.8 Å². The summed E-state index contributed by atoms with van der Waals surface area (Å²) in [6.45, 7) is 2.86. The molecule has 1 heterocycles. The number of esters is 1. The van der Waals surface area contributed by atoms with Crippen LogP contribution in [0.25, 0.3) is 0 Å². The van der Waals surface area contributed by atoms with Crippen LogP contribution in [-0.2, 0) is 9.47 Å². The fraction of sp³-hybridized carbons (Fsp3) is 0.409. The molecule has 6 heteroatoms. The molecule has 1 saturated heterocycles. The normalized spacial score (nSPS) is 15.4. The van der Waals surface area contributed by atoms with E-state index in [1.165, 1.54) is 18.4 Å². The predicted octanol–water partition coefficient (Wildman–Crippen LogP) is 3.62. The van der Waals surface area contributed by atoms with Crippen LogP contribution in [0, 0.1) is 0 Å². The highest BCUT2D eigenvalue weighted by molar-refractivity contribution is 5.92. The molecule has 0 saturated carbocycles. The van der Waals surface area contributed by atoms with Crippen molar-refractivity contribution in [1.29, 1.82) is 0 Å². The van der Waals surface area contributed by atoms with Gasteiger partial charge in [-0.05, 0) is 74.8 Å². The maximum Gasteiger partial charge on any atom is 0.338 e. The number of likely N-dealkylation sites (tertiary alicyclic amines) is 1. The molecule has 3 rings (SSSR count). The van der Waals surface area contributed by atoms with Crippen molar-refractivity contribution in [1.82, 2.24) is 4.90 Å². The molecule has 0 aromatic heterocycles. The van der Waals surface area contributed by atoms with E-state index in [1.807, 2.05) is 12.1 Å². The maximum absolute atomic E-state index is 12.0. The Bertz CT molecular complexity index is 801. The van der Waals surface area contributed by atoms with Crippen LogP contribution in [0.2, 0.25) is 0 Å². The van der Waals surface area contributed by atoms with E-state index in [-0.39, 0.29) is 6.61 Å². The maximum atomic E-state index is 12.0. The van der Waals surface area contributed by atoms with Crippen LogP contribution in [0.4, 0.5) is 17.1 Å². The Kier molecular flexibility index (Phi) is 6.90. The van der Waals surface area contributed by atoms with E-state index in [4.69, 9.17) is 15.2 Å². The average molecular weight is 383 g/mol. The molecule has 0 atom stereocenters. The van der Waals surface area contributed by atoms with Crippen molar-refractivity contribution in [2.45, 2.75) is 18.8 Å². The van der Waals surface area contributed by atoms with Crippen molar-refractivity contribution < 1.29 is 14.3 Å². The SMILES string of the molecule is COCCOC(=O)c1ccc(Nc2cccc(C3CCN(C)CC3)c2)c(N)c1. The minimum Gasteiger partial charge on any atom is -0.460 e. The lowest BCUT2D eigenvalue weighted by Crippen LogP contribution is -2.29. The summed E-state index contributed by atoms with van der Waals surface area (Å²) in [6, 6.07) is 13.7. The molecule has 0 amide bonds. The third-order valence-corrected chi connectivity index (χ3v) is 5.16. The summed E-state index contributed by atoms with van der Waals surface area (Å²) >= 11 is 0. The summed E-state index contributed by atoms with van der Waals surface area (Å²) in [7, 11) is 3.74. The number of carbonyl (C=O) groups is 1. The molecule has 0 unspecified atom stereocenters. The highest BCUT2D eigenvalue weighted by Crippen LogP contribution is 2.31. The van der Waals surface area contributed by atoms with Gasteiger partial charge in [-0.3, -0.25) is 0 Å². The molecule has 0 radical (unpaired) electrons. The van der Waals surface area contributed by atoms with E-state index < -0.39 is 5.97 Å². The first-order chi connectivity index (χ1) is 13.6. The molecule has 1 aliphatic heterocycles. The number of nitrogens with one attached hydrogen (secondary N) is 1. The minimum atomic E-state index is -0.403. The van der Waals surface area contributed by atoms with Crippen LogP contribution in [0.15, 0.2) is 42.5 Å². The molecule has 2 aromatic carbocycles. The number of ether oxygens (including phenoxy) is 2. The molecule has 150 valence electrons. The van der Waals surface area contributed by atoms with Gasteiger partial charge in [-0.2, -0.15) is 0 Å². The molecule has 1 aliphatic rings. The number of nitrogens with zero attached hydrogens (tertiary/aromatic N) is 1. The van der Waals surface area contributed by atoms with E-state index in [2.05, 4.69) is 35.5 Å². The molecule has 3 N–H and O–H groups in total. The molecule has 1 fully saturated rings. The Morgan fingerprint density at radius 2 is 1.96 bits per heavy atom. The van der Waals surface area contributed by atoms with Crippen LogP contribution >= 0.6 is 0 Å². The second kappa shape index (κ2) is 9.57.